The summed E-state index contributed by atoms with van der Waals surface area (Å²) in [6.07, 6.45) is 0.903. The van der Waals surface area contributed by atoms with Crippen LogP contribution in [0.15, 0.2) is 6.07 Å². The van der Waals surface area contributed by atoms with E-state index in [0.29, 0.717) is 30.3 Å². The zero-order chi connectivity index (χ0) is 12.5. The minimum absolute atomic E-state index is 0.121. The summed E-state index contributed by atoms with van der Waals surface area (Å²) in [5, 5.41) is 3.24. The van der Waals surface area contributed by atoms with E-state index in [2.05, 4.69) is 5.32 Å². The molecule has 5 heteroatoms. The molecule has 98 valence electrons. The molecule has 0 aliphatic carbocycles. The maximum atomic E-state index is 14.4. The SMILES string of the molecule is COc1cc2c(c(C3CCNC3)c1F)OCCO2. The quantitative estimate of drug-likeness (QED) is 0.870. The van der Waals surface area contributed by atoms with Crippen LogP contribution in [0.4, 0.5) is 4.39 Å². The molecule has 0 saturated carbocycles. The average Bonchev–Trinajstić information content (AvgIpc) is 2.91. The molecule has 0 bridgehead atoms. The number of fused-ring (bicyclic) bond motifs is 1. The Labute approximate surface area is 105 Å². The van der Waals surface area contributed by atoms with Crippen LogP contribution < -0.4 is 19.5 Å². The van der Waals surface area contributed by atoms with Gasteiger partial charge in [0.2, 0.25) is 0 Å². The van der Waals surface area contributed by atoms with Gasteiger partial charge in [-0.3, -0.25) is 0 Å². The molecule has 1 aromatic rings. The lowest BCUT2D eigenvalue weighted by atomic mass is 9.95. The van der Waals surface area contributed by atoms with Crippen molar-refractivity contribution in [2.45, 2.75) is 12.3 Å². The van der Waals surface area contributed by atoms with Crippen LogP contribution in [0.3, 0.4) is 0 Å². The summed E-state index contributed by atoms with van der Waals surface area (Å²) in [5.74, 6) is 1.15. The molecule has 1 fully saturated rings. The fraction of sp³-hybridized carbons (Fsp3) is 0.538. The predicted molar refractivity (Wildman–Crippen MR) is 64.2 cm³/mol. The third kappa shape index (κ3) is 1.79. The molecule has 2 aliphatic rings. The van der Waals surface area contributed by atoms with Crippen LogP contribution in [0.2, 0.25) is 0 Å². The average molecular weight is 253 g/mol. The van der Waals surface area contributed by atoms with Crippen LogP contribution in [0, 0.1) is 5.82 Å². The minimum Gasteiger partial charge on any atom is -0.494 e. The lowest BCUT2D eigenvalue weighted by Gasteiger charge is -2.24. The molecule has 0 radical (unpaired) electrons. The van der Waals surface area contributed by atoms with Crippen LogP contribution in [-0.2, 0) is 0 Å². The van der Waals surface area contributed by atoms with Crippen molar-refractivity contribution in [3.8, 4) is 17.2 Å². The van der Waals surface area contributed by atoms with Crippen LogP contribution in [0.25, 0.3) is 0 Å². The number of halogens is 1. The van der Waals surface area contributed by atoms with E-state index in [0.717, 1.165) is 19.5 Å². The molecule has 18 heavy (non-hydrogen) atoms. The zero-order valence-electron chi connectivity index (χ0n) is 10.3. The van der Waals surface area contributed by atoms with Crippen LogP contribution in [-0.4, -0.2) is 33.4 Å². The van der Waals surface area contributed by atoms with E-state index in [1.165, 1.54) is 7.11 Å². The molecular formula is C13H16FNO3. The molecule has 2 heterocycles. The van der Waals surface area contributed by atoms with Crippen molar-refractivity contribution in [3.63, 3.8) is 0 Å². The third-order valence-electron chi connectivity index (χ3n) is 3.46. The van der Waals surface area contributed by atoms with E-state index in [4.69, 9.17) is 14.2 Å². The molecule has 1 N–H and O–H groups in total. The Morgan fingerprint density at radius 3 is 2.94 bits per heavy atom. The monoisotopic (exact) mass is 253 g/mol. The maximum Gasteiger partial charge on any atom is 0.172 e. The Morgan fingerprint density at radius 2 is 2.22 bits per heavy atom. The topological polar surface area (TPSA) is 39.7 Å². The normalized spacial score (nSPS) is 22.0. The first-order chi connectivity index (χ1) is 8.81. The van der Waals surface area contributed by atoms with Gasteiger partial charge in [0.1, 0.15) is 13.2 Å². The standard InChI is InChI=1S/C13H16FNO3/c1-16-9-6-10-13(18-5-4-17-10)11(12(9)14)8-2-3-15-7-8/h6,8,15H,2-5,7H2,1H3. The Balaban J connectivity index is 2.13. The summed E-state index contributed by atoms with van der Waals surface area (Å²) < 4.78 is 30.6. The Bertz CT molecular complexity index is 458. The first-order valence-corrected chi connectivity index (χ1v) is 6.18. The van der Waals surface area contributed by atoms with Gasteiger partial charge in [-0.1, -0.05) is 0 Å². The first-order valence-electron chi connectivity index (χ1n) is 6.18. The van der Waals surface area contributed by atoms with Gasteiger partial charge in [-0.05, 0) is 13.0 Å². The maximum absolute atomic E-state index is 14.4. The summed E-state index contributed by atoms with van der Waals surface area (Å²) >= 11 is 0. The highest BCUT2D eigenvalue weighted by molar-refractivity contribution is 5.55. The van der Waals surface area contributed by atoms with Gasteiger partial charge in [-0.15, -0.1) is 0 Å². The number of rotatable bonds is 2. The van der Waals surface area contributed by atoms with Crippen molar-refractivity contribution < 1.29 is 18.6 Å². The van der Waals surface area contributed by atoms with Crippen LogP contribution in [0.5, 0.6) is 17.2 Å². The van der Waals surface area contributed by atoms with Gasteiger partial charge < -0.3 is 19.5 Å². The molecule has 4 nitrogen and oxygen atoms in total. The van der Waals surface area contributed by atoms with Crippen molar-refractivity contribution >= 4 is 0 Å². The smallest absolute Gasteiger partial charge is 0.172 e. The molecule has 0 amide bonds. The minimum atomic E-state index is -0.324. The largest absolute Gasteiger partial charge is 0.494 e. The molecule has 1 aromatic carbocycles. The number of methoxy groups -OCH3 is 1. The number of hydrogen-bond donors (Lipinski definition) is 1. The van der Waals surface area contributed by atoms with Gasteiger partial charge >= 0.3 is 0 Å². The van der Waals surface area contributed by atoms with E-state index in [1.807, 2.05) is 0 Å². The summed E-state index contributed by atoms with van der Waals surface area (Å²) in [7, 11) is 1.46. The first kappa shape index (κ1) is 11.6. The zero-order valence-corrected chi connectivity index (χ0v) is 10.3. The lowest BCUT2D eigenvalue weighted by molar-refractivity contribution is 0.166. The number of benzene rings is 1. The van der Waals surface area contributed by atoms with E-state index >= 15 is 0 Å². The summed E-state index contributed by atoms with van der Waals surface area (Å²) in [4.78, 5) is 0. The molecule has 0 aromatic heterocycles. The van der Waals surface area contributed by atoms with Gasteiger partial charge in [-0.25, -0.2) is 4.39 Å². The second-order valence-corrected chi connectivity index (χ2v) is 4.52. The molecule has 0 spiro atoms. The number of hydrogen-bond acceptors (Lipinski definition) is 4. The van der Waals surface area contributed by atoms with Crippen molar-refractivity contribution in [2.24, 2.45) is 0 Å². The number of ether oxygens (including phenoxy) is 3. The van der Waals surface area contributed by atoms with Crippen molar-refractivity contribution in [1.82, 2.24) is 5.32 Å². The van der Waals surface area contributed by atoms with Crippen LogP contribution >= 0.6 is 0 Å². The highest BCUT2D eigenvalue weighted by atomic mass is 19.1. The van der Waals surface area contributed by atoms with Crippen LogP contribution in [0.1, 0.15) is 17.9 Å². The molecular weight excluding hydrogens is 237 g/mol. The molecule has 3 rings (SSSR count). The third-order valence-corrected chi connectivity index (χ3v) is 3.46. The molecule has 2 aliphatic heterocycles. The molecule has 1 atom stereocenters. The second kappa shape index (κ2) is 4.65. The van der Waals surface area contributed by atoms with E-state index in [9.17, 15) is 4.39 Å². The number of nitrogens with one attached hydrogen (secondary N) is 1. The lowest BCUT2D eigenvalue weighted by Crippen LogP contribution is -2.19. The van der Waals surface area contributed by atoms with E-state index in [-0.39, 0.29) is 17.5 Å². The van der Waals surface area contributed by atoms with Gasteiger partial charge in [0, 0.05) is 24.1 Å². The van der Waals surface area contributed by atoms with E-state index in [1.54, 1.807) is 6.07 Å². The Hall–Kier alpha value is -1.49. The summed E-state index contributed by atoms with van der Waals surface area (Å²) in [6, 6.07) is 1.57. The second-order valence-electron chi connectivity index (χ2n) is 4.52. The summed E-state index contributed by atoms with van der Waals surface area (Å²) in [5.41, 5.74) is 0.592. The fourth-order valence-corrected chi connectivity index (χ4v) is 2.58. The van der Waals surface area contributed by atoms with Crippen molar-refractivity contribution in [2.75, 3.05) is 33.4 Å². The highest BCUT2D eigenvalue weighted by Crippen LogP contribution is 2.45. The van der Waals surface area contributed by atoms with Crippen molar-refractivity contribution in [1.29, 1.82) is 0 Å². The summed E-state index contributed by atoms with van der Waals surface area (Å²) in [6.45, 7) is 2.62. The highest BCUT2D eigenvalue weighted by Gasteiger charge is 2.30. The fourth-order valence-electron chi connectivity index (χ4n) is 2.58. The molecule has 1 unspecified atom stereocenters. The Morgan fingerprint density at radius 1 is 1.39 bits per heavy atom. The predicted octanol–water partition coefficient (Wildman–Crippen LogP) is 1.68. The van der Waals surface area contributed by atoms with Gasteiger partial charge in [0.05, 0.1) is 7.11 Å². The van der Waals surface area contributed by atoms with Gasteiger partial charge in [0.15, 0.2) is 23.1 Å². The van der Waals surface area contributed by atoms with Gasteiger partial charge in [0.25, 0.3) is 0 Å². The molecule has 1 saturated heterocycles. The van der Waals surface area contributed by atoms with Gasteiger partial charge in [-0.2, -0.15) is 0 Å². The van der Waals surface area contributed by atoms with E-state index < -0.39 is 0 Å². The Kier molecular flexibility index (Phi) is 2.99. The van der Waals surface area contributed by atoms with Crippen molar-refractivity contribution in [3.05, 3.63) is 17.4 Å².